The van der Waals surface area contributed by atoms with Crippen LogP contribution in [0, 0.1) is 18.3 Å². The van der Waals surface area contributed by atoms with Crippen molar-refractivity contribution in [3.8, 4) is 0 Å². The van der Waals surface area contributed by atoms with Gasteiger partial charge in [-0.3, -0.25) is 0 Å². The molecule has 0 N–H and O–H groups in total. The SMILES string of the molecule is C1=CC2[CH-]CCC2C=C1.C[Si](C)=[Zr+2].[Cl-].[Cl-]. The van der Waals surface area contributed by atoms with Crippen LogP contribution in [0.5, 0.6) is 0 Å². The molecule has 0 saturated heterocycles. The summed E-state index contributed by atoms with van der Waals surface area (Å²) in [5.74, 6) is 1.62. The molecule has 0 aromatic carbocycles. The molecule has 0 bridgehead atoms. The topological polar surface area (TPSA) is 0 Å². The van der Waals surface area contributed by atoms with Crippen LogP contribution < -0.4 is 24.8 Å². The Balaban J connectivity index is 0. The molecule has 1 fully saturated rings. The number of fused-ring (bicyclic) bond motifs is 1. The van der Waals surface area contributed by atoms with Crippen molar-refractivity contribution < 1.29 is 48.1 Å². The molecule has 0 aromatic heterocycles. The Labute approximate surface area is 121 Å². The average Bonchev–Trinajstić information content (AvgIpc) is 2.49. The number of rotatable bonds is 0. The zero-order chi connectivity index (χ0) is 9.68. The first-order chi connectivity index (χ1) is 6.20. The van der Waals surface area contributed by atoms with Crippen LogP contribution in [-0.2, 0) is 23.3 Å². The molecule has 1 saturated carbocycles. The molecule has 84 valence electrons. The number of hydrogen-bond donors (Lipinski definition) is 0. The van der Waals surface area contributed by atoms with Crippen molar-refractivity contribution >= 4 is 5.43 Å². The molecule has 2 rings (SSSR count). The predicted molar refractivity (Wildman–Crippen MR) is 56.3 cm³/mol. The largest absolute Gasteiger partial charge is 1.00 e. The van der Waals surface area contributed by atoms with Crippen molar-refractivity contribution in [3.63, 3.8) is 0 Å². The van der Waals surface area contributed by atoms with Gasteiger partial charge >= 0.3 is 41.9 Å². The summed E-state index contributed by atoms with van der Waals surface area (Å²) in [6.07, 6.45) is 14.1. The van der Waals surface area contributed by atoms with E-state index < -0.39 is 0 Å². The fraction of sp³-hybridized carbons (Fsp3) is 0.545. The molecule has 15 heavy (non-hydrogen) atoms. The maximum atomic E-state index is 2.42. The molecule has 4 heteroatoms. The maximum absolute atomic E-state index is 2.42. The van der Waals surface area contributed by atoms with Crippen molar-refractivity contribution in [1.29, 1.82) is 0 Å². The summed E-state index contributed by atoms with van der Waals surface area (Å²) in [5.41, 5.74) is 0.210. The Morgan fingerprint density at radius 2 is 1.73 bits per heavy atom. The molecular formula is C11H17Cl2SiZr-. The van der Waals surface area contributed by atoms with E-state index in [2.05, 4.69) is 43.8 Å². The average molecular weight is 339 g/mol. The Morgan fingerprint density at radius 3 is 2.27 bits per heavy atom. The van der Waals surface area contributed by atoms with E-state index >= 15 is 0 Å². The van der Waals surface area contributed by atoms with E-state index in [-0.39, 0.29) is 30.2 Å². The molecule has 0 aromatic rings. The second-order valence-corrected chi connectivity index (χ2v) is 13.2. The molecule has 0 aliphatic heterocycles. The van der Waals surface area contributed by atoms with E-state index in [0.717, 1.165) is 11.8 Å². The van der Waals surface area contributed by atoms with Crippen molar-refractivity contribution in [2.45, 2.75) is 25.9 Å². The van der Waals surface area contributed by atoms with Gasteiger partial charge in [-0.15, -0.1) is 12.0 Å². The third kappa shape index (κ3) is 7.96. The van der Waals surface area contributed by atoms with Gasteiger partial charge in [0, 0.05) is 0 Å². The zero-order valence-electron chi connectivity index (χ0n) is 9.21. The summed E-state index contributed by atoms with van der Waals surface area (Å²) in [6, 6.07) is 0. The van der Waals surface area contributed by atoms with Gasteiger partial charge < -0.3 is 31.2 Å². The normalized spacial score (nSPS) is 25.3. The van der Waals surface area contributed by atoms with Gasteiger partial charge in [-0.25, -0.2) is 0 Å². The monoisotopic (exact) mass is 337 g/mol. The summed E-state index contributed by atoms with van der Waals surface area (Å²) in [5, 5.41) is 0. The van der Waals surface area contributed by atoms with Gasteiger partial charge in [-0.2, -0.15) is 6.42 Å². The molecule has 2 unspecified atom stereocenters. The summed E-state index contributed by atoms with van der Waals surface area (Å²) in [6.45, 7) is 4.62. The second-order valence-electron chi connectivity index (χ2n) is 3.82. The number of halogens is 2. The van der Waals surface area contributed by atoms with Crippen LogP contribution in [0.15, 0.2) is 24.3 Å². The fourth-order valence-electron chi connectivity index (χ4n) is 1.69. The molecule has 2 atom stereocenters. The number of allylic oxidation sites excluding steroid dienone is 4. The molecular weight excluding hydrogens is 322 g/mol. The molecule has 0 amide bonds. The standard InChI is InChI=1S/C9H11.C2H6Si.2ClH.Zr/c1-2-5-9-7-3-6-8(9)4-1;1-3-2;;;/h1-2,4-6,8-9H,3,7H2;1-2H3;2*1H;/q-1;;;;+2/p-2. The van der Waals surface area contributed by atoms with Crippen molar-refractivity contribution in [1.82, 2.24) is 0 Å². The van der Waals surface area contributed by atoms with Crippen molar-refractivity contribution in [2.24, 2.45) is 11.8 Å². The predicted octanol–water partition coefficient (Wildman–Crippen LogP) is -2.86. The summed E-state index contributed by atoms with van der Waals surface area (Å²) in [4.78, 5) is 0. The van der Waals surface area contributed by atoms with Crippen LogP contribution in [0.2, 0.25) is 13.1 Å². The van der Waals surface area contributed by atoms with Gasteiger partial charge in [-0.05, 0) is 5.92 Å². The van der Waals surface area contributed by atoms with Crippen LogP contribution in [0.3, 0.4) is 0 Å². The Hall–Kier alpha value is 1.16. The minimum absolute atomic E-state index is 0. The smallest absolute Gasteiger partial charge is 1.00 e. The van der Waals surface area contributed by atoms with Crippen LogP contribution in [0.25, 0.3) is 0 Å². The van der Waals surface area contributed by atoms with Gasteiger partial charge in [-0.1, -0.05) is 24.6 Å². The van der Waals surface area contributed by atoms with Crippen LogP contribution in [0.1, 0.15) is 12.8 Å². The van der Waals surface area contributed by atoms with E-state index in [0.29, 0.717) is 0 Å². The van der Waals surface area contributed by atoms with Crippen LogP contribution in [0.4, 0.5) is 0 Å². The summed E-state index contributed by atoms with van der Waals surface area (Å²) in [7, 11) is 0. The molecule has 0 nitrogen and oxygen atoms in total. The van der Waals surface area contributed by atoms with Crippen molar-refractivity contribution in [3.05, 3.63) is 30.7 Å². The van der Waals surface area contributed by atoms with Crippen LogP contribution in [-0.4, -0.2) is 5.43 Å². The first-order valence-electron chi connectivity index (χ1n) is 4.90. The van der Waals surface area contributed by atoms with E-state index in [1.165, 1.54) is 12.8 Å². The molecule has 2 aliphatic rings. The molecule has 0 spiro atoms. The first kappa shape index (κ1) is 18.5. The minimum Gasteiger partial charge on any atom is -1.00 e. The Bertz CT molecular complexity index is 217. The molecule has 0 heterocycles. The second kappa shape index (κ2) is 10.3. The van der Waals surface area contributed by atoms with Gasteiger partial charge in [0.05, 0.1) is 0 Å². The van der Waals surface area contributed by atoms with E-state index in [1.807, 2.05) is 0 Å². The third-order valence-corrected chi connectivity index (χ3v) is 2.24. The maximum Gasteiger partial charge on any atom is -1.00 e. The molecule has 2 aliphatic carbocycles. The van der Waals surface area contributed by atoms with Crippen LogP contribution >= 0.6 is 0 Å². The summed E-state index contributed by atoms with van der Waals surface area (Å²) < 4.78 is 0. The van der Waals surface area contributed by atoms with Gasteiger partial charge in [0.15, 0.2) is 0 Å². The third-order valence-electron chi connectivity index (χ3n) is 2.24. The van der Waals surface area contributed by atoms with E-state index in [1.54, 1.807) is 23.3 Å². The number of hydrogen-bond acceptors (Lipinski definition) is 0. The minimum atomic E-state index is 0. The van der Waals surface area contributed by atoms with E-state index in [4.69, 9.17) is 0 Å². The van der Waals surface area contributed by atoms with Gasteiger partial charge in [0.25, 0.3) is 0 Å². The quantitative estimate of drug-likeness (QED) is 0.329. The van der Waals surface area contributed by atoms with E-state index in [9.17, 15) is 0 Å². The zero-order valence-corrected chi connectivity index (χ0v) is 14.2. The first-order valence-corrected chi connectivity index (χ1v) is 11.1. The fourth-order valence-corrected chi connectivity index (χ4v) is 1.69. The van der Waals surface area contributed by atoms with Crippen molar-refractivity contribution in [2.75, 3.05) is 0 Å². The summed E-state index contributed by atoms with van der Waals surface area (Å²) >= 11 is 1.74. The molecule has 0 radical (unpaired) electrons. The van der Waals surface area contributed by atoms with Gasteiger partial charge in [0.1, 0.15) is 0 Å². The Kier molecular flexibility index (Phi) is 12.7. The Morgan fingerprint density at radius 1 is 1.20 bits per heavy atom. The van der Waals surface area contributed by atoms with Gasteiger partial charge in [0.2, 0.25) is 0 Å².